The van der Waals surface area contributed by atoms with E-state index in [2.05, 4.69) is 14.6 Å². The summed E-state index contributed by atoms with van der Waals surface area (Å²) < 4.78 is 0. The van der Waals surface area contributed by atoms with E-state index in [1.54, 1.807) is 0 Å². The van der Waals surface area contributed by atoms with Crippen LogP contribution in [0.2, 0.25) is 0 Å². The molecule has 64 valence electrons. The highest BCUT2D eigenvalue weighted by Gasteiger charge is 2.13. The lowest BCUT2D eigenvalue weighted by Gasteiger charge is -2.22. The zero-order chi connectivity index (χ0) is 8.10. The molecule has 0 aromatic heterocycles. The first kappa shape index (κ1) is 8.99. The van der Waals surface area contributed by atoms with Crippen molar-refractivity contribution in [3.05, 3.63) is 0 Å². The minimum atomic E-state index is 0.168. The molecule has 1 N–H and O–H groups in total. The number of nitrogens with one attached hydrogen (secondary N) is 1. The minimum absolute atomic E-state index is 0.168. The second-order valence-electron chi connectivity index (χ2n) is 3.11. The molecule has 1 atom stereocenters. The summed E-state index contributed by atoms with van der Waals surface area (Å²) in [5.41, 5.74) is 0. The van der Waals surface area contributed by atoms with Gasteiger partial charge in [0.15, 0.2) is 0 Å². The van der Waals surface area contributed by atoms with Crippen LogP contribution in [0.3, 0.4) is 0 Å². The molecule has 1 saturated carbocycles. The van der Waals surface area contributed by atoms with Crippen LogP contribution in [-0.2, 0) is 4.79 Å². The number of amides is 1. The molecule has 1 fully saturated rings. The quantitative estimate of drug-likeness (QED) is 0.627. The standard InChI is InChI=1S/C8H16NOP/c10-8(6-11)9-7-4-2-1-3-5-7/h7H,1-6,11H2,(H,9,10). The summed E-state index contributed by atoms with van der Waals surface area (Å²) in [6.07, 6.45) is 6.79. The fraction of sp³-hybridized carbons (Fsp3) is 0.875. The second-order valence-corrected chi connectivity index (χ2v) is 3.51. The van der Waals surface area contributed by atoms with Crippen LogP contribution in [0.5, 0.6) is 0 Å². The largest absolute Gasteiger partial charge is 0.353 e. The lowest BCUT2D eigenvalue weighted by atomic mass is 9.95. The highest BCUT2D eigenvalue weighted by atomic mass is 31.0. The van der Waals surface area contributed by atoms with E-state index in [-0.39, 0.29) is 5.91 Å². The van der Waals surface area contributed by atoms with Crippen molar-refractivity contribution < 1.29 is 4.79 Å². The smallest absolute Gasteiger partial charge is 0.224 e. The van der Waals surface area contributed by atoms with Gasteiger partial charge in [-0.05, 0) is 12.8 Å². The van der Waals surface area contributed by atoms with Crippen molar-refractivity contribution in [3.63, 3.8) is 0 Å². The minimum Gasteiger partial charge on any atom is -0.353 e. The van der Waals surface area contributed by atoms with Gasteiger partial charge in [0.2, 0.25) is 5.91 Å². The first-order valence-corrected chi connectivity index (χ1v) is 5.14. The van der Waals surface area contributed by atoms with E-state index in [9.17, 15) is 4.79 Å². The Morgan fingerprint density at radius 2 is 2.00 bits per heavy atom. The third-order valence-corrected chi connectivity index (χ3v) is 2.53. The maximum Gasteiger partial charge on any atom is 0.224 e. The molecule has 0 bridgehead atoms. The molecule has 3 heteroatoms. The molecule has 1 aliphatic rings. The number of hydrogen-bond acceptors (Lipinski definition) is 1. The summed E-state index contributed by atoms with van der Waals surface area (Å²) in [6.45, 7) is 0. The number of carbonyl (C=O) groups is 1. The summed E-state index contributed by atoms with van der Waals surface area (Å²) in [5.74, 6) is 0.168. The number of carbonyl (C=O) groups excluding carboxylic acids is 1. The van der Waals surface area contributed by atoms with Gasteiger partial charge in [0, 0.05) is 12.2 Å². The molecule has 0 saturated heterocycles. The Morgan fingerprint density at radius 3 is 2.55 bits per heavy atom. The van der Waals surface area contributed by atoms with Crippen LogP contribution in [-0.4, -0.2) is 18.1 Å². The zero-order valence-corrected chi connectivity index (χ0v) is 7.96. The average molecular weight is 173 g/mol. The molecule has 1 unspecified atom stereocenters. The summed E-state index contributed by atoms with van der Waals surface area (Å²) in [7, 11) is 2.45. The summed E-state index contributed by atoms with van der Waals surface area (Å²) in [6, 6.07) is 0.469. The van der Waals surface area contributed by atoms with E-state index in [1.165, 1.54) is 32.1 Å². The molecule has 0 aromatic rings. The van der Waals surface area contributed by atoms with E-state index in [4.69, 9.17) is 0 Å². The molecule has 2 nitrogen and oxygen atoms in total. The Kier molecular flexibility index (Phi) is 3.85. The predicted molar refractivity (Wildman–Crippen MR) is 49.6 cm³/mol. The van der Waals surface area contributed by atoms with Crippen molar-refractivity contribution in [3.8, 4) is 0 Å². The Hall–Kier alpha value is -0.100. The summed E-state index contributed by atoms with van der Waals surface area (Å²) in [5, 5.41) is 3.01. The van der Waals surface area contributed by atoms with Crippen LogP contribution in [0.25, 0.3) is 0 Å². The third kappa shape index (κ3) is 3.20. The normalized spacial score (nSPS) is 19.7. The van der Waals surface area contributed by atoms with Crippen molar-refractivity contribution >= 4 is 15.1 Å². The van der Waals surface area contributed by atoms with Crippen molar-refractivity contribution in [1.29, 1.82) is 0 Å². The zero-order valence-electron chi connectivity index (χ0n) is 6.81. The highest BCUT2D eigenvalue weighted by Crippen LogP contribution is 2.17. The van der Waals surface area contributed by atoms with Crippen LogP contribution in [0.4, 0.5) is 0 Å². The lowest BCUT2D eigenvalue weighted by molar-refractivity contribution is -0.119. The Morgan fingerprint density at radius 1 is 1.36 bits per heavy atom. The van der Waals surface area contributed by atoms with E-state index in [1.807, 2.05) is 0 Å². The molecule has 1 rings (SSSR count). The summed E-state index contributed by atoms with van der Waals surface area (Å²) >= 11 is 0. The Bertz CT molecular complexity index is 132. The Balaban J connectivity index is 2.19. The number of hydrogen-bond donors (Lipinski definition) is 1. The van der Waals surface area contributed by atoms with E-state index < -0.39 is 0 Å². The third-order valence-electron chi connectivity index (χ3n) is 2.16. The topological polar surface area (TPSA) is 29.1 Å². The maximum atomic E-state index is 10.9. The van der Waals surface area contributed by atoms with E-state index in [0.29, 0.717) is 12.2 Å². The first-order valence-electron chi connectivity index (χ1n) is 4.32. The highest BCUT2D eigenvalue weighted by molar-refractivity contribution is 7.18. The van der Waals surface area contributed by atoms with Crippen molar-refractivity contribution in [2.24, 2.45) is 0 Å². The van der Waals surface area contributed by atoms with Gasteiger partial charge < -0.3 is 5.32 Å². The van der Waals surface area contributed by atoms with Crippen molar-refractivity contribution in [1.82, 2.24) is 5.32 Å². The molecule has 0 aromatic carbocycles. The van der Waals surface area contributed by atoms with Crippen LogP contribution < -0.4 is 5.32 Å². The fourth-order valence-electron chi connectivity index (χ4n) is 1.53. The van der Waals surface area contributed by atoms with E-state index in [0.717, 1.165) is 0 Å². The molecule has 11 heavy (non-hydrogen) atoms. The van der Waals surface area contributed by atoms with Crippen LogP contribution in [0.1, 0.15) is 32.1 Å². The SMILES string of the molecule is O=C(CP)NC1CCCCC1. The van der Waals surface area contributed by atoms with Gasteiger partial charge in [0.05, 0.1) is 0 Å². The fourth-order valence-corrected chi connectivity index (χ4v) is 1.65. The molecule has 0 radical (unpaired) electrons. The van der Waals surface area contributed by atoms with Gasteiger partial charge in [0.1, 0.15) is 0 Å². The van der Waals surface area contributed by atoms with Gasteiger partial charge in [-0.3, -0.25) is 4.79 Å². The molecule has 1 aliphatic carbocycles. The molecule has 0 heterocycles. The first-order chi connectivity index (χ1) is 5.33. The van der Waals surface area contributed by atoms with Gasteiger partial charge in [-0.15, -0.1) is 9.24 Å². The van der Waals surface area contributed by atoms with Gasteiger partial charge in [0.25, 0.3) is 0 Å². The van der Waals surface area contributed by atoms with Crippen LogP contribution in [0, 0.1) is 0 Å². The number of rotatable bonds is 2. The van der Waals surface area contributed by atoms with Gasteiger partial charge in [-0.25, -0.2) is 0 Å². The lowest BCUT2D eigenvalue weighted by Crippen LogP contribution is -2.36. The van der Waals surface area contributed by atoms with Crippen molar-refractivity contribution in [2.45, 2.75) is 38.1 Å². The van der Waals surface area contributed by atoms with Gasteiger partial charge in [-0.1, -0.05) is 19.3 Å². The molecule has 0 aliphatic heterocycles. The maximum absolute atomic E-state index is 10.9. The average Bonchev–Trinajstić information content (AvgIpc) is 2.06. The van der Waals surface area contributed by atoms with Crippen LogP contribution >= 0.6 is 9.24 Å². The second kappa shape index (κ2) is 4.71. The molecular weight excluding hydrogens is 157 g/mol. The van der Waals surface area contributed by atoms with Gasteiger partial charge in [-0.2, -0.15) is 0 Å². The Labute approximate surface area is 70.3 Å². The monoisotopic (exact) mass is 173 g/mol. The molecule has 0 spiro atoms. The van der Waals surface area contributed by atoms with Gasteiger partial charge >= 0.3 is 0 Å². The molecule has 1 amide bonds. The van der Waals surface area contributed by atoms with E-state index >= 15 is 0 Å². The predicted octanol–water partition coefficient (Wildman–Crippen LogP) is 1.31. The summed E-state index contributed by atoms with van der Waals surface area (Å²) in [4.78, 5) is 10.9. The van der Waals surface area contributed by atoms with Crippen molar-refractivity contribution in [2.75, 3.05) is 6.16 Å². The van der Waals surface area contributed by atoms with Crippen LogP contribution in [0.15, 0.2) is 0 Å². The molecular formula is C8H16NOP.